The topological polar surface area (TPSA) is 93.9 Å². The van der Waals surface area contributed by atoms with Gasteiger partial charge in [0.1, 0.15) is 17.3 Å². The zero-order valence-corrected chi connectivity index (χ0v) is 18.5. The molecule has 1 saturated heterocycles. The molecular weight excluding hydrogens is 422 g/mol. The number of aliphatic hydroxyl groups excluding tert-OH is 1. The molecule has 2 aromatic carbocycles. The number of carbonyl (C=O) groups excluding carboxylic acids is 2. The molecule has 1 N–H and O–H groups in total. The van der Waals surface area contributed by atoms with Gasteiger partial charge in [0.15, 0.2) is 0 Å². The SMILES string of the molecule is COc1ccc(C2/C(=C(\O)c3cccc(OC)c3)C(=O)C(=O)N2CCCn2ccnc2)cc1. The second-order valence-corrected chi connectivity index (χ2v) is 7.65. The molecule has 0 radical (unpaired) electrons. The van der Waals surface area contributed by atoms with Crippen molar-refractivity contribution in [2.45, 2.75) is 19.0 Å². The molecule has 1 atom stereocenters. The maximum absolute atomic E-state index is 13.1. The van der Waals surface area contributed by atoms with E-state index in [-0.39, 0.29) is 11.3 Å². The number of Topliss-reactive ketones (excluding diaryl/α,β-unsaturated/α-hetero) is 1. The first-order chi connectivity index (χ1) is 16.0. The summed E-state index contributed by atoms with van der Waals surface area (Å²) in [6.45, 7) is 0.989. The van der Waals surface area contributed by atoms with Gasteiger partial charge in [-0.25, -0.2) is 4.98 Å². The summed E-state index contributed by atoms with van der Waals surface area (Å²) < 4.78 is 12.4. The molecule has 1 fully saturated rings. The van der Waals surface area contributed by atoms with E-state index in [2.05, 4.69) is 4.98 Å². The highest BCUT2D eigenvalue weighted by Crippen LogP contribution is 2.40. The minimum Gasteiger partial charge on any atom is -0.507 e. The van der Waals surface area contributed by atoms with Gasteiger partial charge >= 0.3 is 0 Å². The van der Waals surface area contributed by atoms with Gasteiger partial charge < -0.3 is 24.0 Å². The Kier molecular flexibility index (Phi) is 6.44. The number of benzene rings is 2. The van der Waals surface area contributed by atoms with E-state index in [9.17, 15) is 14.7 Å². The molecule has 1 amide bonds. The highest BCUT2D eigenvalue weighted by Gasteiger charge is 2.45. The van der Waals surface area contributed by atoms with Crippen molar-refractivity contribution in [3.05, 3.63) is 84.0 Å². The Hall–Kier alpha value is -4.07. The largest absolute Gasteiger partial charge is 0.507 e. The van der Waals surface area contributed by atoms with Crippen molar-refractivity contribution in [1.29, 1.82) is 0 Å². The molecule has 0 aliphatic carbocycles. The molecule has 1 aromatic heterocycles. The Balaban J connectivity index is 1.74. The van der Waals surface area contributed by atoms with Crippen LogP contribution < -0.4 is 9.47 Å². The maximum atomic E-state index is 13.1. The molecule has 33 heavy (non-hydrogen) atoms. The Morgan fingerprint density at radius 2 is 1.79 bits per heavy atom. The number of amides is 1. The Bertz CT molecular complexity index is 1170. The van der Waals surface area contributed by atoms with E-state index in [1.165, 1.54) is 12.0 Å². The molecule has 1 unspecified atom stereocenters. The van der Waals surface area contributed by atoms with Gasteiger partial charge in [-0.2, -0.15) is 0 Å². The third-order valence-electron chi connectivity index (χ3n) is 5.69. The summed E-state index contributed by atoms with van der Waals surface area (Å²) in [7, 11) is 3.09. The summed E-state index contributed by atoms with van der Waals surface area (Å²) in [6.07, 6.45) is 5.86. The van der Waals surface area contributed by atoms with E-state index in [0.717, 1.165) is 0 Å². The zero-order valence-electron chi connectivity index (χ0n) is 18.5. The van der Waals surface area contributed by atoms with Crippen LogP contribution in [0.15, 0.2) is 72.8 Å². The van der Waals surface area contributed by atoms with Crippen LogP contribution >= 0.6 is 0 Å². The number of aryl methyl sites for hydroxylation is 1. The zero-order chi connectivity index (χ0) is 23.4. The quantitative estimate of drug-likeness (QED) is 0.323. The number of nitrogens with zero attached hydrogens (tertiary/aromatic N) is 3. The number of imidazole rings is 1. The molecule has 1 aliphatic heterocycles. The van der Waals surface area contributed by atoms with Gasteiger partial charge in [0.25, 0.3) is 11.7 Å². The third kappa shape index (κ3) is 4.45. The number of ketones is 1. The van der Waals surface area contributed by atoms with Gasteiger partial charge in [-0.3, -0.25) is 9.59 Å². The third-order valence-corrected chi connectivity index (χ3v) is 5.69. The number of aromatic nitrogens is 2. The first-order valence-corrected chi connectivity index (χ1v) is 10.6. The van der Waals surface area contributed by atoms with Crippen molar-refractivity contribution < 1.29 is 24.2 Å². The molecule has 2 heterocycles. The summed E-state index contributed by atoms with van der Waals surface area (Å²) in [5.41, 5.74) is 1.17. The molecule has 0 bridgehead atoms. The molecule has 170 valence electrons. The number of likely N-dealkylation sites (tertiary alicyclic amines) is 1. The molecular formula is C25H25N3O5. The van der Waals surface area contributed by atoms with Crippen LogP contribution in [-0.2, 0) is 16.1 Å². The standard InChI is InChI=1S/C25H25N3O5/c1-32-19-9-7-17(8-10-19)22-21(23(29)18-5-3-6-20(15-18)33-2)24(30)25(31)28(22)13-4-12-27-14-11-26-16-27/h3,5-11,14-16,22,29H,4,12-13H2,1-2H3/b23-21+. The first kappa shape index (κ1) is 22.1. The van der Waals surface area contributed by atoms with E-state index in [1.54, 1.807) is 68.2 Å². The molecule has 8 nitrogen and oxygen atoms in total. The van der Waals surface area contributed by atoms with E-state index < -0.39 is 17.7 Å². The molecule has 8 heteroatoms. The average Bonchev–Trinajstić information content (AvgIpc) is 3.46. The summed E-state index contributed by atoms with van der Waals surface area (Å²) in [5.74, 6) is -0.381. The van der Waals surface area contributed by atoms with Crippen molar-refractivity contribution in [2.24, 2.45) is 0 Å². The summed E-state index contributed by atoms with van der Waals surface area (Å²) in [4.78, 5) is 31.7. The predicted molar refractivity (Wildman–Crippen MR) is 122 cm³/mol. The minimum absolute atomic E-state index is 0.0565. The number of carbonyl (C=O) groups is 2. The number of hydrogen-bond donors (Lipinski definition) is 1. The van der Waals surface area contributed by atoms with Crippen LogP contribution in [0.25, 0.3) is 5.76 Å². The molecule has 0 spiro atoms. The first-order valence-electron chi connectivity index (χ1n) is 10.6. The second-order valence-electron chi connectivity index (χ2n) is 7.65. The molecule has 1 aliphatic rings. The van der Waals surface area contributed by atoms with Crippen LogP contribution in [0.3, 0.4) is 0 Å². The number of methoxy groups -OCH3 is 2. The van der Waals surface area contributed by atoms with E-state index in [4.69, 9.17) is 9.47 Å². The summed E-state index contributed by atoms with van der Waals surface area (Å²) in [5, 5.41) is 11.1. The molecule has 3 aromatic rings. The second kappa shape index (κ2) is 9.60. The van der Waals surface area contributed by atoms with Gasteiger partial charge in [0.05, 0.1) is 32.2 Å². The molecule has 4 rings (SSSR count). The number of aliphatic hydroxyl groups is 1. The van der Waals surface area contributed by atoms with Crippen LogP contribution in [0.1, 0.15) is 23.6 Å². The van der Waals surface area contributed by atoms with E-state index in [0.29, 0.717) is 42.1 Å². The van der Waals surface area contributed by atoms with Crippen molar-refractivity contribution in [1.82, 2.24) is 14.5 Å². The highest BCUT2D eigenvalue weighted by atomic mass is 16.5. The van der Waals surface area contributed by atoms with Crippen LogP contribution in [-0.4, -0.2) is 52.0 Å². The van der Waals surface area contributed by atoms with E-state index in [1.807, 2.05) is 10.8 Å². The Morgan fingerprint density at radius 3 is 2.45 bits per heavy atom. The number of rotatable bonds is 8. The lowest BCUT2D eigenvalue weighted by atomic mass is 9.95. The van der Waals surface area contributed by atoms with Crippen molar-refractivity contribution >= 4 is 17.4 Å². The van der Waals surface area contributed by atoms with E-state index >= 15 is 0 Å². The summed E-state index contributed by atoms with van der Waals surface area (Å²) >= 11 is 0. The average molecular weight is 447 g/mol. The van der Waals surface area contributed by atoms with Crippen molar-refractivity contribution in [3.8, 4) is 11.5 Å². The fraction of sp³-hybridized carbons (Fsp3) is 0.240. The van der Waals surface area contributed by atoms with Crippen LogP contribution in [0.5, 0.6) is 11.5 Å². The van der Waals surface area contributed by atoms with Crippen LogP contribution in [0.4, 0.5) is 0 Å². The van der Waals surface area contributed by atoms with Gasteiger partial charge in [-0.05, 0) is 36.2 Å². The van der Waals surface area contributed by atoms with Gasteiger partial charge in [-0.1, -0.05) is 24.3 Å². The van der Waals surface area contributed by atoms with Crippen LogP contribution in [0, 0.1) is 0 Å². The minimum atomic E-state index is -0.718. The number of ether oxygens (including phenoxy) is 2. The lowest BCUT2D eigenvalue weighted by Gasteiger charge is -2.25. The fourth-order valence-electron chi connectivity index (χ4n) is 4.01. The number of hydrogen-bond acceptors (Lipinski definition) is 6. The maximum Gasteiger partial charge on any atom is 0.295 e. The lowest BCUT2D eigenvalue weighted by Crippen LogP contribution is -2.31. The van der Waals surface area contributed by atoms with Gasteiger partial charge in [0, 0.05) is 31.0 Å². The normalized spacial score (nSPS) is 17.4. The fourth-order valence-corrected chi connectivity index (χ4v) is 4.01. The van der Waals surface area contributed by atoms with Crippen LogP contribution in [0.2, 0.25) is 0 Å². The Labute approximate surface area is 191 Å². The van der Waals surface area contributed by atoms with Crippen molar-refractivity contribution in [3.63, 3.8) is 0 Å². The summed E-state index contributed by atoms with van der Waals surface area (Å²) in [6, 6.07) is 13.2. The van der Waals surface area contributed by atoms with Crippen molar-refractivity contribution in [2.75, 3.05) is 20.8 Å². The van der Waals surface area contributed by atoms with Gasteiger partial charge in [0.2, 0.25) is 0 Å². The molecule has 0 saturated carbocycles. The smallest absolute Gasteiger partial charge is 0.295 e. The highest BCUT2D eigenvalue weighted by molar-refractivity contribution is 6.46. The Morgan fingerprint density at radius 1 is 1.03 bits per heavy atom. The van der Waals surface area contributed by atoms with Gasteiger partial charge in [-0.15, -0.1) is 0 Å². The monoisotopic (exact) mass is 447 g/mol. The lowest BCUT2D eigenvalue weighted by molar-refractivity contribution is -0.139. The predicted octanol–water partition coefficient (Wildman–Crippen LogP) is 3.41.